The minimum atomic E-state index is 1.12. The minimum Gasteiger partial charge on any atom is -0.388 e. The van der Waals surface area contributed by atoms with Gasteiger partial charge in [-0.1, -0.05) is 31.2 Å². The summed E-state index contributed by atoms with van der Waals surface area (Å²) in [6, 6.07) is 17.2. The maximum Gasteiger partial charge on any atom is 0.0337 e. The fourth-order valence-corrected chi connectivity index (χ4v) is 2.40. The van der Waals surface area contributed by atoms with E-state index < -0.39 is 0 Å². The van der Waals surface area contributed by atoms with Crippen molar-refractivity contribution in [2.75, 3.05) is 18.1 Å². The van der Waals surface area contributed by atoms with Gasteiger partial charge in [0.25, 0.3) is 0 Å². The monoisotopic (exact) mass is 243 g/mol. The van der Waals surface area contributed by atoms with Crippen LogP contribution in [-0.4, -0.2) is 12.8 Å². The van der Waals surface area contributed by atoms with Crippen molar-refractivity contribution in [2.24, 2.45) is 0 Å². The van der Waals surface area contributed by atoms with Crippen LogP contribution < -0.4 is 5.32 Å². The largest absolute Gasteiger partial charge is 0.388 e. The van der Waals surface area contributed by atoms with Gasteiger partial charge in [0.05, 0.1) is 0 Å². The maximum atomic E-state index is 3.13. The molecule has 0 saturated heterocycles. The molecule has 0 aromatic heterocycles. The number of hydrogen-bond donors (Lipinski definition) is 1. The van der Waals surface area contributed by atoms with Gasteiger partial charge in [0.2, 0.25) is 0 Å². The highest BCUT2D eigenvalue weighted by Crippen LogP contribution is 2.24. The number of nitrogens with one attached hydrogen (secondary N) is 1. The lowest BCUT2D eigenvalue weighted by Gasteiger charge is -2.05. The zero-order valence-electron chi connectivity index (χ0n) is 10.2. The Morgan fingerprint density at radius 1 is 0.882 bits per heavy atom. The Morgan fingerprint density at radius 3 is 1.88 bits per heavy atom. The summed E-state index contributed by atoms with van der Waals surface area (Å²) >= 11 is 1.88. The van der Waals surface area contributed by atoms with E-state index in [4.69, 9.17) is 0 Å². The Labute approximate surface area is 107 Å². The highest BCUT2D eigenvalue weighted by Gasteiger charge is 1.98. The molecule has 0 aliphatic carbocycles. The van der Waals surface area contributed by atoms with Gasteiger partial charge >= 0.3 is 0 Å². The second-order valence-electron chi connectivity index (χ2n) is 3.78. The van der Waals surface area contributed by atoms with E-state index in [0.29, 0.717) is 0 Å². The predicted molar refractivity (Wildman–Crippen MR) is 77.8 cm³/mol. The second kappa shape index (κ2) is 5.78. The van der Waals surface area contributed by atoms with Crippen LogP contribution >= 0.6 is 11.8 Å². The molecule has 2 rings (SSSR count). The van der Waals surface area contributed by atoms with Crippen molar-refractivity contribution in [3.05, 3.63) is 48.5 Å². The van der Waals surface area contributed by atoms with Gasteiger partial charge in [-0.25, -0.2) is 0 Å². The third-order valence-electron chi connectivity index (χ3n) is 2.67. The van der Waals surface area contributed by atoms with E-state index in [1.807, 2.05) is 18.8 Å². The third-order valence-corrected chi connectivity index (χ3v) is 3.57. The molecule has 0 fully saturated rings. The fraction of sp³-hybridized carbons (Fsp3) is 0.200. The van der Waals surface area contributed by atoms with Crippen LogP contribution in [0, 0.1) is 0 Å². The smallest absolute Gasteiger partial charge is 0.0337 e. The van der Waals surface area contributed by atoms with Crippen molar-refractivity contribution in [2.45, 2.75) is 11.8 Å². The SMILES string of the molecule is CCSc1ccc(-c2ccc(NC)cc2)cc1. The first-order valence-corrected chi connectivity index (χ1v) is 6.83. The molecule has 1 N–H and O–H groups in total. The second-order valence-corrected chi connectivity index (χ2v) is 5.12. The molecule has 0 amide bonds. The zero-order valence-corrected chi connectivity index (χ0v) is 11.1. The lowest BCUT2D eigenvalue weighted by Crippen LogP contribution is -1.86. The first kappa shape index (κ1) is 12.1. The molecule has 0 heterocycles. The van der Waals surface area contributed by atoms with Crippen molar-refractivity contribution < 1.29 is 0 Å². The highest BCUT2D eigenvalue weighted by molar-refractivity contribution is 7.99. The molecule has 17 heavy (non-hydrogen) atoms. The molecular weight excluding hydrogens is 226 g/mol. The van der Waals surface area contributed by atoms with Gasteiger partial charge in [0.15, 0.2) is 0 Å². The van der Waals surface area contributed by atoms with Crippen LogP contribution in [0.3, 0.4) is 0 Å². The number of benzene rings is 2. The van der Waals surface area contributed by atoms with Gasteiger partial charge in [-0.15, -0.1) is 11.8 Å². The first-order chi connectivity index (χ1) is 8.33. The summed E-state index contributed by atoms with van der Waals surface area (Å²) in [4.78, 5) is 1.34. The molecule has 0 unspecified atom stereocenters. The van der Waals surface area contributed by atoms with Crippen LogP contribution in [0.1, 0.15) is 6.92 Å². The lowest BCUT2D eigenvalue weighted by atomic mass is 10.1. The Bertz CT molecular complexity index is 459. The molecule has 2 aromatic rings. The quantitative estimate of drug-likeness (QED) is 0.793. The van der Waals surface area contributed by atoms with Gasteiger partial charge < -0.3 is 5.32 Å². The molecule has 0 saturated carbocycles. The summed E-state index contributed by atoms with van der Waals surface area (Å²) in [6.45, 7) is 2.18. The molecule has 2 heteroatoms. The van der Waals surface area contributed by atoms with E-state index in [0.717, 1.165) is 11.4 Å². The Balaban J connectivity index is 2.20. The average molecular weight is 243 g/mol. The molecule has 2 aromatic carbocycles. The summed E-state index contributed by atoms with van der Waals surface area (Å²) in [6.07, 6.45) is 0. The van der Waals surface area contributed by atoms with Crippen LogP contribution in [0.15, 0.2) is 53.4 Å². The standard InChI is InChI=1S/C15H17NS/c1-3-17-15-10-6-13(7-11-15)12-4-8-14(16-2)9-5-12/h4-11,16H,3H2,1-2H3. The molecular formula is C15H17NS. The van der Waals surface area contributed by atoms with Crippen LogP contribution in [0.25, 0.3) is 11.1 Å². The Kier molecular flexibility index (Phi) is 4.10. The molecule has 0 aliphatic rings. The van der Waals surface area contributed by atoms with Crippen LogP contribution in [-0.2, 0) is 0 Å². The molecule has 0 spiro atoms. The topological polar surface area (TPSA) is 12.0 Å². The van der Waals surface area contributed by atoms with E-state index in [9.17, 15) is 0 Å². The highest BCUT2D eigenvalue weighted by atomic mass is 32.2. The Hall–Kier alpha value is -1.41. The van der Waals surface area contributed by atoms with E-state index in [2.05, 4.69) is 60.8 Å². The van der Waals surface area contributed by atoms with E-state index in [1.54, 1.807) is 0 Å². The van der Waals surface area contributed by atoms with Gasteiger partial charge in [0, 0.05) is 17.6 Å². The summed E-state index contributed by atoms with van der Waals surface area (Å²) in [5, 5.41) is 3.13. The van der Waals surface area contributed by atoms with E-state index in [1.165, 1.54) is 16.0 Å². The van der Waals surface area contributed by atoms with Crippen LogP contribution in [0.2, 0.25) is 0 Å². The fourth-order valence-electron chi connectivity index (χ4n) is 1.74. The number of anilines is 1. The molecule has 0 aliphatic heterocycles. The normalized spacial score (nSPS) is 10.2. The molecule has 0 bridgehead atoms. The first-order valence-electron chi connectivity index (χ1n) is 5.84. The van der Waals surface area contributed by atoms with E-state index >= 15 is 0 Å². The maximum absolute atomic E-state index is 3.13. The third kappa shape index (κ3) is 3.04. The van der Waals surface area contributed by atoms with Crippen molar-refractivity contribution in [3.8, 4) is 11.1 Å². The van der Waals surface area contributed by atoms with Crippen LogP contribution in [0.4, 0.5) is 5.69 Å². The minimum absolute atomic E-state index is 1.12. The molecule has 88 valence electrons. The lowest BCUT2D eigenvalue weighted by molar-refractivity contribution is 1.42. The zero-order chi connectivity index (χ0) is 12.1. The Morgan fingerprint density at radius 2 is 1.41 bits per heavy atom. The van der Waals surface area contributed by atoms with Gasteiger partial charge in [-0.2, -0.15) is 0 Å². The molecule has 1 nitrogen and oxygen atoms in total. The summed E-state index contributed by atoms with van der Waals surface area (Å²) in [5.74, 6) is 1.12. The molecule has 0 atom stereocenters. The number of hydrogen-bond acceptors (Lipinski definition) is 2. The van der Waals surface area contributed by atoms with Crippen molar-refractivity contribution in [3.63, 3.8) is 0 Å². The van der Waals surface area contributed by atoms with Crippen molar-refractivity contribution in [1.29, 1.82) is 0 Å². The van der Waals surface area contributed by atoms with Gasteiger partial charge in [-0.3, -0.25) is 0 Å². The van der Waals surface area contributed by atoms with Crippen LogP contribution in [0.5, 0.6) is 0 Å². The summed E-state index contributed by atoms with van der Waals surface area (Å²) in [7, 11) is 1.94. The molecule has 0 radical (unpaired) electrons. The van der Waals surface area contributed by atoms with Gasteiger partial charge in [0.1, 0.15) is 0 Å². The number of thioether (sulfide) groups is 1. The summed E-state index contributed by atoms with van der Waals surface area (Å²) < 4.78 is 0. The number of rotatable bonds is 4. The van der Waals surface area contributed by atoms with Crippen molar-refractivity contribution >= 4 is 17.4 Å². The van der Waals surface area contributed by atoms with E-state index in [-0.39, 0.29) is 0 Å². The van der Waals surface area contributed by atoms with Gasteiger partial charge in [-0.05, 0) is 41.1 Å². The van der Waals surface area contributed by atoms with Crippen molar-refractivity contribution in [1.82, 2.24) is 0 Å². The predicted octanol–water partition coefficient (Wildman–Crippen LogP) is 4.51. The summed E-state index contributed by atoms with van der Waals surface area (Å²) in [5.41, 5.74) is 3.68. The average Bonchev–Trinajstić information content (AvgIpc) is 2.40.